The summed E-state index contributed by atoms with van der Waals surface area (Å²) < 4.78 is 27.3. The van der Waals surface area contributed by atoms with Crippen molar-refractivity contribution in [3.63, 3.8) is 0 Å². The molecule has 0 amide bonds. The molecule has 4 nitrogen and oxygen atoms in total. The van der Waals surface area contributed by atoms with E-state index in [0.717, 1.165) is 0 Å². The Hall–Kier alpha value is -0.390. The topological polar surface area (TPSA) is 69.4 Å². The largest absolute Gasteiger partial charge is 0.385 e. The van der Waals surface area contributed by atoms with E-state index >= 15 is 0 Å². The van der Waals surface area contributed by atoms with Gasteiger partial charge >= 0.3 is 0 Å². The van der Waals surface area contributed by atoms with Gasteiger partial charge in [0.25, 0.3) is 0 Å². The summed E-state index contributed by atoms with van der Waals surface area (Å²) in [5.74, 6) is -0.0161. The lowest BCUT2D eigenvalue weighted by molar-refractivity contribution is 0.188. The second-order valence-electron chi connectivity index (χ2n) is 3.41. The van der Waals surface area contributed by atoms with E-state index in [-0.39, 0.29) is 5.92 Å². The summed E-state index contributed by atoms with van der Waals surface area (Å²) in [4.78, 5) is 0. The summed E-state index contributed by atoms with van der Waals surface area (Å²) >= 11 is 0. The zero-order valence-electron chi connectivity index (χ0n) is 8.77. The molecule has 0 aromatic heterocycles. The average molecular weight is 221 g/mol. The first-order chi connectivity index (χ1) is 6.43. The van der Waals surface area contributed by atoms with E-state index in [1.807, 2.05) is 6.92 Å². The van der Waals surface area contributed by atoms with Crippen molar-refractivity contribution < 1.29 is 13.2 Å². The Kier molecular flexibility index (Phi) is 5.99. The van der Waals surface area contributed by atoms with Crippen molar-refractivity contribution in [3.8, 4) is 0 Å². The van der Waals surface area contributed by atoms with Gasteiger partial charge in [0.05, 0.1) is 5.25 Å². The minimum Gasteiger partial charge on any atom is -0.385 e. The standard InChI is InChI=1S/C9H19NO3S/c1-4-5-8(2)9(6-7-13-3)14(10,11)12/h4,8-9H,1,5-7H2,2-3H3,(H2,10,11,12)/t8-,9?/m0/s1. The zero-order valence-corrected chi connectivity index (χ0v) is 9.59. The van der Waals surface area contributed by atoms with Crippen molar-refractivity contribution >= 4 is 10.0 Å². The van der Waals surface area contributed by atoms with Crippen LogP contribution in [0.25, 0.3) is 0 Å². The van der Waals surface area contributed by atoms with E-state index in [2.05, 4.69) is 6.58 Å². The van der Waals surface area contributed by atoms with Gasteiger partial charge in [0, 0.05) is 13.7 Å². The van der Waals surface area contributed by atoms with Crippen LogP contribution < -0.4 is 5.14 Å². The molecule has 0 aliphatic carbocycles. The number of allylic oxidation sites excluding steroid dienone is 1. The highest BCUT2D eigenvalue weighted by atomic mass is 32.2. The highest BCUT2D eigenvalue weighted by molar-refractivity contribution is 7.89. The molecular weight excluding hydrogens is 202 g/mol. The highest BCUT2D eigenvalue weighted by Crippen LogP contribution is 2.18. The Bertz CT molecular complexity index is 261. The van der Waals surface area contributed by atoms with E-state index in [1.54, 1.807) is 13.2 Å². The van der Waals surface area contributed by atoms with Gasteiger partial charge in [-0.05, 0) is 18.8 Å². The Labute approximate surface area is 86.2 Å². The second kappa shape index (κ2) is 6.16. The predicted octanol–water partition coefficient (Wildman–Crippen LogP) is 0.892. The number of hydrogen-bond acceptors (Lipinski definition) is 3. The lowest BCUT2D eigenvalue weighted by atomic mass is 10.0. The number of nitrogens with two attached hydrogens (primary N) is 1. The third kappa shape index (κ3) is 4.74. The number of ether oxygens (including phenoxy) is 1. The second-order valence-corrected chi connectivity index (χ2v) is 5.19. The molecule has 0 bridgehead atoms. The normalized spacial score (nSPS) is 16.2. The van der Waals surface area contributed by atoms with Crippen LogP contribution in [0.15, 0.2) is 12.7 Å². The molecule has 14 heavy (non-hydrogen) atoms. The molecular formula is C9H19NO3S. The molecule has 0 aliphatic rings. The molecule has 2 atom stereocenters. The number of sulfonamides is 1. The van der Waals surface area contributed by atoms with E-state index in [4.69, 9.17) is 9.88 Å². The number of hydrogen-bond donors (Lipinski definition) is 1. The van der Waals surface area contributed by atoms with Gasteiger partial charge in [0.1, 0.15) is 0 Å². The van der Waals surface area contributed by atoms with E-state index in [9.17, 15) is 8.42 Å². The van der Waals surface area contributed by atoms with Crippen LogP contribution in [0, 0.1) is 5.92 Å². The van der Waals surface area contributed by atoms with Crippen LogP contribution >= 0.6 is 0 Å². The first-order valence-corrected chi connectivity index (χ1v) is 6.15. The quantitative estimate of drug-likeness (QED) is 0.649. The number of methoxy groups -OCH3 is 1. The Morgan fingerprint density at radius 1 is 1.57 bits per heavy atom. The maximum Gasteiger partial charge on any atom is 0.212 e. The molecule has 0 saturated heterocycles. The third-order valence-electron chi connectivity index (χ3n) is 2.20. The molecule has 0 aromatic rings. The maximum atomic E-state index is 11.2. The molecule has 0 rings (SSSR count). The lowest BCUT2D eigenvalue weighted by Crippen LogP contribution is -2.34. The van der Waals surface area contributed by atoms with Crippen LogP contribution in [-0.2, 0) is 14.8 Å². The summed E-state index contributed by atoms with van der Waals surface area (Å²) in [7, 11) is -1.95. The maximum absolute atomic E-state index is 11.2. The van der Waals surface area contributed by atoms with Crippen molar-refractivity contribution in [2.45, 2.75) is 25.0 Å². The molecule has 2 N–H and O–H groups in total. The predicted molar refractivity (Wildman–Crippen MR) is 57.4 cm³/mol. The van der Waals surface area contributed by atoms with Crippen molar-refractivity contribution in [3.05, 3.63) is 12.7 Å². The molecule has 84 valence electrons. The monoisotopic (exact) mass is 221 g/mol. The van der Waals surface area contributed by atoms with Gasteiger partial charge in [-0.3, -0.25) is 0 Å². The summed E-state index contributed by atoms with van der Waals surface area (Å²) in [5.41, 5.74) is 0. The molecule has 0 heterocycles. The van der Waals surface area contributed by atoms with Gasteiger partial charge in [0.2, 0.25) is 10.0 Å². The molecule has 0 saturated carbocycles. The number of primary sulfonamides is 1. The van der Waals surface area contributed by atoms with Crippen molar-refractivity contribution in [1.82, 2.24) is 0 Å². The number of rotatable bonds is 7. The van der Waals surface area contributed by atoms with Crippen LogP contribution in [0.5, 0.6) is 0 Å². The fourth-order valence-corrected chi connectivity index (χ4v) is 2.60. The zero-order chi connectivity index (χ0) is 11.2. The molecule has 1 unspecified atom stereocenters. The van der Waals surface area contributed by atoms with Crippen LogP contribution in [-0.4, -0.2) is 27.4 Å². The van der Waals surface area contributed by atoms with Gasteiger partial charge in [-0.15, -0.1) is 6.58 Å². The summed E-state index contributed by atoms with van der Waals surface area (Å²) in [6.07, 6.45) is 2.78. The van der Waals surface area contributed by atoms with Crippen LogP contribution in [0.1, 0.15) is 19.8 Å². The van der Waals surface area contributed by atoms with E-state index in [1.165, 1.54) is 0 Å². The molecule has 0 aromatic carbocycles. The lowest BCUT2D eigenvalue weighted by Gasteiger charge is -2.20. The molecule has 0 aliphatic heterocycles. The molecule has 5 heteroatoms. The third-order valence-corrected chi connectivity index (χ3v) is 3.75. The smallest absolute Gasteiger partial charge is 0.212 e. The van der Waals surface area contributed by atoms with Crippen molar-refractivity contribution in [2.75, 3.05) is 13.7 Å². The van der Waals surface area contributed by atoms with Crippen LogP contribution in [0.2, 0.25) is 0 Å². The van der Waals surface area contributed by atoms with Gasteiger partial charge in [-0.2, -0.15) is 0 Å². The minimum atomic E-state index is -3.49. The van der Waals surface area contributed by atoms with Gasteiger partial charge in [-0.1, -0.05) is 13.0 Å². The van der Waals surface area contributed by atoms with E-state index in [0.29, 0.717) is 19.4 Å². The van der Waals surface area contributed by atoms with Crippen molar-refractivity contribution in [1.29, 1.82) is 0 Å². The summed E-state index contributed by atoms with van der Waals surface area (Å²) in [6, 6.07) is 0. The average Bonchev–Trinajstić information content (AvgIpc) is 2.03. The summed E-state index contributed by atoms with van der Waals surface area (Å²) in [6.45, 7) is 5.84. The first kappa shape index (κ1) is 13.6. The fraction of sp³-hybridized carbons (Fsp3) is 0.778. The minimum absolute atomic E-state index is 0.0161. The Balaban J connectivity index is 4.46. The van der Waals surface area contributed by atoms with Crippen LogP contribution in [0.4, 0.5) is 0 Å². The van der Waals surface area contributed by atoms with Gasteiger partial charge in [0.15, 0.2) is 0 Å². The van der Waals surface area contributed by atoms with Crippen LogP contribution in [0.3, 0.4) is 0 Å². The highest BCUT2D eigenvalue weighted by Gasteiger charge is 2.26. The Morgan fingerprint density at radius 3 is 2.50 bits per heavy atom. The summed E-state index contributed by atoms with van der Waals surface area (Å²) in [5, 5.41) is 4.59. The van der Waals surface area contributed by atoms with Gasteiger partial charge in [-0.25, -0.2) is 13.6 Å². The molecule has 0 radical (unpaired) electrons. The van der Waals surface area contributed by atoms with E-state index < -0.39 is 15.3 Å². The fourth-order valence-electron chi connectivity index (χ4n) is 1.42. The SMILES string of the molecule is C=CC[C@H](C)C(CCOC)S(N)(=O)=O. The van der Waals surface area contributed by atoms with Crippen molar-refractivity contribution in [2.24, 2.45) is 11.1 Å². The molecule has 0 spiro atoms. The Morgan fingerprint density at radius 2 is 2.14 bits per heavy atom. The molecule has 0 fully saturated rings. The van der Waals surface area contributed by atoms with Gasteiger partial charge < -0.3 is 4.74 Å². The first-order valence-electron chi connectivity index (χ1n) is 4.55.